The summed E-state index contributed by atoms with van der Waals surface area (Å²) in [5.41, 5.74) is 0. The Bertz CT molecular complexity index is 1360. The minimum absolute atomic E-state index is 0.112. The predicted molar refractivity (Wildman–Crippen MR) is 279 cm³/mol. The van der Waals surface area contributed by atoms with Gasteiger partial charge in [-0.3, -0.25) is 14.4 Å². The van der Waals surface area contributed by atoms with E-state index in [2.05, 4.69) is 130 Å². The van der Waals surface area contributed by atoms with E-state index in [1.807, 2.05) is 0 Å². The largest absolute Gasteiger partial charge is 0.462 e. The summed E-state index contributed by atoms with van der Waals surface area (Å²) in [6, 6.07) is 0. The van der Waals surface area contributed by atoms with Gasteiger partial charge in [-0.05, 0) is 122 Å². The minimum atomic E-state index is -0.817. The summed E-state index contributed by atoms with van der Waals surface area (Å²) in [4.78, 5) is 38.0. The molecule has 0 amide bonds. The van der Waals surface area contributed by atoms with Gasteiger partial charge >= 0.3 is 17.9 Å². The van der Waals surface area contributed by atoms with Crippen molar-refractivity contribution >= 4 is 17.9 Å². The first kappa shape index (κ1) is 61.1. The summed E-state index contributed by atoms with van der Waals surface area (Å²) in [5, 5.41) is 0. The summed E-state index contributed by atoms with van der Waals surface area (Å²) in [5.74, 6) is -1.00. The van der Waals surface area contributed by atoms with Gasteiger partial charge in [-0.1, -0.05) is 194 Å². The Morgan fingerprint density at radius 2 is 0.615 bits per heavy atom. The number of esters is 3. The smallest absolute Gasteiger partial charge is 0.306 e. The molecule has 0 saturated heterocycles. The van der Waals surface area contributed by atoms with Crippen LogP contribution in [0, 0.1) is 0 Å². The highest BCUT2D eigenvalue weighted by molar-refractivity contribution is 5.71. The summed E-state index contributed by atoms with van der Waals surface area (Å²) < 4.78 is 16.7. The quantitative estimate of drug-likeness (QED) is 0.0262. The van der Waals surface area contributed by atoms with Crippen molar-refractivity contribution in [2.24, 2.45) is 0 Å². The number of hydrogen-bond acceptors (Lipinski definition) is 6. The van der Waals surface area contributed by atoms with Crippen LogP contribution in [0.1, 0.15) is 226 Å². The molecule has 0 saturated carbocycles. The van der Waals surface area contributed by atoms with Crippen LogP contribution in [0.15, 0.2) is 109 Å². The predicted octanol–water partition coefficient (Wildman–Crippen LogP) is 17.5. The van der Waals surface area contributed by atoms with E-state index in [0.29, 0.717) is 19.3 Å². The highest BCUT2D eigenvalue weighted by atomic mass is 16.6. The zero-order valence-corrected chi connectivity index (χ0v) is 42.0. The molecule has 1 atom stereocenters. The molecule has 368 valence electrons. The molecule has 0 N–H and O–H groups in total. The molecule has 6 heteroatoms. The third kappa shape index (κ3) is 50.9. The maximum Gasteiger partial charge on any atom is 0.306 e. The zero-order chi connectivity index (χ0) is 47.2. The monoisotopic (exact) mass is 901 g/mol. The minimum Gasteiger partial charge on any atom is -0.462 e. The second-order valence-electron chi connectivity index (χ2n) is 17.0. The molecule has 0 aliphatic heterocycles. The van der Waals surface area contributed by atoms with Crippen molar-refractivity contribution in [3.63, 3.8) is 0 Å². The van der Waals surface area contributed by atoms with Crippen molar-refractivity contribution < 1.29 is 28.6 Å². The maximum absolute atomic E-state index is 12.8. The molecule has 65 heavy (non-hydrogen) atoms. The number of ether oxygens (including phenoxy) is 3. The molecular formula is C59H96O6. The molecular weight excluding hydrogens is 805 g/mol. The number of carbonyl (C=O) groups excluding carboxylic acids is 3. The first-order valence-corrected chi connectivity index (χ1v) is 26.4. The van der Waals surface area contributed by atoms with Crippen molar-refractivity contribution in [3.8, 4) is 0 Å². The Kier molecular flexibility index (Phi) is 49.5. The van der Waals surface area contributed by atoms with Crippen LogP contribution in [0.4, 0.5) is 0 Å². The van der Waals surface area contributed by atoms with Crippen molar-refractivity contribution in [2.45, 2.75) is 232 Å². The molecule has 0 heterocycles. The fourth-order valence-electron chi connectivity index (χ4n) is 6.77. The van der Waals surface area contributed by atoms with Gasteiger partial charge in [0.1, 0.15) is 13.2 Å². The Morgan fingerprint density at radius 3 is 1.00 bits per heavy atom. The van der Waals surface area contributed by atoms with Gasteiger partial charge in [0.2, 0.25) is 0 Å². The Labute approximate surface area is 400 Å². The number of hydrogen-bond donors (Lipinski definition) is 0. The molecule has 0 bridgehead atoms. The summed E-state index contributed by atoms with van der Waals surface area (Å²) in [6.45, 7) is 6.38. The Hall–Kier alpha value is -3.93. The lowest BCUT2D eigenvalue weighted by atomic mass is 10.1. The number of allylic oxidation sites excluding steroid dienone is 18. The molecule has 0 aromatic rings. The van der Waals surface area contributed by atoms with Gasteiger partial charge in [0, 0.05) is 19.3 Å². The van der Waals surface area contributed by atoms with Crippen LogP contribution in [-0.2, 0) is 28.6 Å². The van der Waals surface area contributed by atoms with Crippen molar-refractivity contribution in [1.29, 1.82) is 0 Å². The van der Waals surface area contributed by atoms with Gasteiger partial charge in [-0.2, -0.15) is 0 Å². The summed E-state index contributed by atoms with van der Waals surface area (Å²) in [6.07, 6.45) is 70.7. The maximum atomic E-state index is 12.8. The van der Waals surface area contributed by atoms with Crippen LogP contribution in [0.25, 0.3) is 0 Å². The molecule has 0 aromatic carbocycles. The Morgan fingerprint density at radius 1 is 0.323 bits per heavy atom. The van der Waals surface area contributed by atoms with Crippen LogP contribution in [-0.4, -0.2) is 37.2 Å². The normalized spacial score (nSPS) is 13.0. The third-order valence-corrected chi connectivity index (χ3v) is 10.7. The van der Waals surface area contributed by atoms with Gasteiger partial charge in [0.15, 0.2) is 6.10 Å². The number of rotatable bonds is 46. The van der Waals surface area contributed by atoms with Crippen molar-refractivity contribution in [3.05, 3.63) is 109 Å². The second kappa shape index (κ2) is 52.7. The average molecular weight is 901 g/mol. The van der Waals surface area contributed by atoms with Crippen LogP contribution in [0.3, 0.4) is 0 Å². The van der Waals surface area contributed by atoms with Crippen LogP contribution < -0.4 is 0 Å². The molecule has 0 aromatic heterocycles. The van der Waals surface area contributed by atoms with Crippen LogP contribution >= 0.6 is 0 Å². The van der Waals surface area contributed by atoms with Gasteiger partial charge in [0.25, 0.3) is 0 Å². The van der Waals surface area contributed by atoms with E-state index >= 15 is 0 Å². The first-order chi connectivity index (χ1) is 32.0. The topological polar surface area (TPSA) is 78.9 Å². The fourth-order valence-corrected chi connectivity index (χ4v) is 6.77. The SMILES string of the molecule is CC/C=C\C/C=C\C/C=C\CCCCCCCC(=O)O[C@H](COC(=O)CCC/C=C\C/C=C\C/C=C\C/C=C\CCCCC)COC(=O)CCCCCCC/C=C\C/C=C\CCCCC. The average Bonchev–Trinajstić information content (AvgIpc) is 3.30. The molecule has 6 nitrogen and oxygen atoms in total. The van der Waals surface area contributed by atoms with Gasteiger partial charge in [-0.15, -0.1) is 0 Å². The fraction of sp³-hybridized carbons (Fsp3) is 0.644. The lowest BCUT2D eigenvalue weighted by Crippen LogP contribution is -2.30. The van der Waals surface area contributed by atoms with Gasteiger partial charge in [-0.25, -0.2) is 0 Å². The Balaban J connectivity index is 4.54. The molecule has 0 unspecified atom stereocenters. The van der Waals surface area contributed by atoms with E-state index in [-0.39, 0.29) is 37.5 Å². The lowest BCUT2D eigenvalue weighted by Gasteiger charge is -2.18. The van der Waals surface area contributed by atoms with E-state index in [1.54, 1.807) is 0 Å². The number of carbonyl (C=O) groups is 3. The standard InChI is InChI=1S/C59H96O6/c1-4-7-10-13-16-19-22-25-28-29-32-34-37-40-43-46-49-52-58(61)64-55-56(65-59(62)53-50-47-44-41-38-35-31-27-24-21-18-15-12-9-6-3)54-63-57(60)51-48-45-42-39-36-33-30-26-23-20-17-14-11-8-5-2/h9,12,16-21,25-28,30-32,34,40,43,56H,4-8,10-11,13-15,22-24,29,33,35-39,41-42,44-55H2,1-3H3/b12-9-,19-16-,20-17-,21-18-,28-25-,30-26-,31-27-,34-32-,43-40-/t56-/m0/s1. The zero-order valence-electron chi connectivity index (χ0n) is 42.0. The molecule has 0 fully saturated rings. The third-order valence-electron chi connectivity index (χ3n) is 10.7. The van der Waals surface area contributed by atoms with E-state index in [4.69, 9.17) is 14.2 Å². The van der Waals surface area contributed by atoms with Crippen molar-refractivity contribution in [2.75, 3.05) is 13.2 Å². The molecule has 0 aliphatic rings. The highest BCUT2D eigenvalue weighted by Crippen LogP contribution is 2.12. The van der Waals surface area contributed by atoms with E-state index in [9.17, 15) is 14.4 Å². The molecule has 0 spiro atoms. The molecule has 0 rings (SSSR count). The summed E-state index contributed by atoms with van der Waals surface area (Å²) in [7, 11) is 0. The van der Waals surface area contributed by atoms with E-state index in [1.165, 1.54) is 51.4 Å². The molecule has 0 aliphatic carbocycles. The first-order valence-electron chi connectivity index (χ1n) is 26.4. The number of unbranched alkanes of at least 4 members (excludes halogenated alkanes) is 17. The molecule has 0 radical (unpaired) electrons. The second-order valence-corrected chi connectivity index (χ2v) is 17.0. The van der Waals surface area contributed by atoms with E-state index in [0.717, 1.165) is 128 Å². The van der Waals surface area contributed by atoms with Crippen LogP contribution in [0.5, 0.6) is 0 Å². The van der Waals surface area contributed by atoms with Crippen LogP contribution in [0.2, 0.25) is 0 Å². The van der Waals surface area contributed by atoms with Gasteiger partial charge < -0.3 is 14.2 Å². The van der Waals surface area contributed by atoms with E-state index < -0.39 is 6.10 Å². The highest BCUT2D eigenvalue weighted by Gasteiger charge is 2.19. The summed E-state index contributed by atoms with van der Waals surface area (Å²) >= 11 is 0. The lowest BCUT2D eigenvalue weighted by molar-refractivity contribution is -0.167. The van der Waals surface area contributed by atoms with Gasteiger partial charge in [0.05, 0.1) is 0 Å². The van der Waals surface area contributed by atoms with Crippen molar-refractivity contribution in [1.82, 2.24) is 0 Å².